The zero-order valence-corrected chi connectivity index (χ0v) is 16.9. The molecule has 0 spiro atoms. The van der Waals surface area contributed by atoms with Gasteiger partial charge in [-0.25, -0.2) is 0 Å². The van der Waals surface area contributed by atoms with E-state index in [4.69, 9.17) is 11.6 Å². The maximum absolute atomic E-state index is 9.65. The van der Waals surface area contributed by atoms with Crippen molar-refractivity contribution in [3.8, 4) is 11.8 Å². The van der Waals surface area contributed by atoms with Gasteiger partial charge < -0.3 is 4.57 Å². The highest BCUT2D eigenvalue weighted by molar-refractivity contribution is 6.32. The van der Waals surface area contributed by atoms with Crippen molar-refractivity contribution in [2.45, 2.75) is 33.6 Å². The number of aryl methyl sites for hydroxylation is 1. The molecule has 0 unspecified atom stereocenters. The Kier molecular flexibility index (Phi) is 5.54. The summed E-state index contributed by atoms with van der Waals surface area (Å²) in [5.74, 6) is 0.512. The summed E-state index contributed by atoms with van der Waals surface area (Å²) in [5.41, 5.74) is 7.04. The van der Waals surface area contributed by atoms with Crippen LogP contribution in [0.2, 0.25) is 5.02 Å². The van der Waals surface area contributed by atoms with Gasteiger partial charge in [-0.3, -0.25) is 0 Å². The van der Waals surface area contributed by atoms with E-state index in [1.54, 1.807) is 0 Å². The van der Waals surface area contributed by atoms with Crippen LogP contribution in [0, 0.1) is 25.2 Å². The summed E-state index contributed by atoms with van der Waals surface area (Å²) in [7, 11) is 0. The fraction of sp³-hybridized carbons (Fsp3) is 0.208. The number of halogens is 1. The molecule has 3 heteroatoms. The van der Waals surface area contributed by atoms with E-state index in [1.807, 2.05) is 30.3 Å². The summed E-state index contributed by atoms with van der Waals surface area (Å²) in [6, 6.07) is 20.5. The van der Waals surface area contributed by atoms with Gasteiger partial charge >= 0.3 is 0 Å². The molecular formula is C24H23ClN2. The monoisotopic (exact) mass is 374 g/mol. The van der Waals surface area contributed by atoms with Crippen molar-refractivity contribution in [2.75, 3.05) is 0 Å². The van der Waals surface area contributed by atoms with E-state index in [2.05, 4.69) is 68.7 Å². The molecule has 0 aliphatic heterocycles. The minimum absolute atomic E-state index is 0.512. The first-order valence-corrected chi connectivity index (χ1v) is 9.46. The average Bonchev–Trinajstić information content (AvgIpc) is 2.93. The van der Waals surface area contributed by atoms with Crippen LogP contribution in [0.15, 0.2) is 54.6 Å². The van der Waals surface area contributed by atoms with Crippen molar-refractivity contribution in [2.24, 2.45) is 0 Å². The maximum atomic E-state index is 9.65. The number of hydrogen-bond donors (Lipinski definition) is 0. The van der Waals surface area contributed by atoms with Gasteiger partial charge in [0.1, 0.15) is 0 Å². The van der Waals surface area contributed by atoms with Crippen LogP contribution >= 0.6 is 11.6 Å². The van der Waals surface area contributed by atoms with Gasteiger partial charge in [0.05, 0.1) is 11.6 Å². The van der Waals surface area contributed by atoms with Crippen molar-refractivity contribution < 1.29 is 0 Å². The fourth-order valence-corrected chi connectivity index (χ4v) is 3.58. The summed E-state index contributed by atoms with van der Waals surface area (Å²) in [4.78, 5) is 0. The van der Waals surface area contributed by atoms with Gasteiger partial charge in [-0.15, -0.1) is 0 Å². The summed E-state index contributed by atoms with van der Waals surface area (Å²) in [6.45, 7) is 8.56. The van der Waals surface area contributed by atoms with E-state index >= 15 is 0 Å². The van der Waals surface area contributed by atoms with Crippen LogP contribution in [0.25, 0.3) is 17.3 Å². The van der Waals surface area contributed by atoms with Crippen LogP contribution in [-0.2, 0) is 0 Å². The highest BCUT2D eigenvalue weighted by Crippen LogP contribution is 2.28. The van der Waals surface area contributed by atoms with Gasteiger partial charge in [0.15, 0.2) is 0 Å². The molecule has 0 radical (unpaired) electrons. The first-order valence-electron chi connectivity index (χ1n) is 9.08. The predicted octanol–water partition coefficient (Wildman–Crippen LogP) is 6.94. The maximum Gasteiger partial charge on any atom is 0.0998 e. The molecule has 0 fully saturated rings. The largest absolute Gasteiger partial charge is 0.318 e. The molecule has 0 saturated heterocycles. The van der Waals surface area contributed by atoms with E-state index in [0.29, 0.717) is 16.5 Å². The molecule has 136 valence electrons. The van der Waals surface area contributed by atoms with E-state index in [1.165, 1.54) is 5.56 Å². The van der Waals surface area contributed by atoms with Crippen molar-refractivity contribution in [1.82, 2.24) is 4.57 Å². The Morgan fingerprint density at radius 1 is 1.07 bits per heavy atom. The topological polar surface area (TPSA) is 28.7 Å². The molecule has 1 heterocycles. The van der Waals surface area contributed by atoms with Crippen LogP contribution in [0.3, 0.4) is 0 Å². The third-order valence-corrected chi connectivity index (χ3v) is 5.20. The molecule has 1 aromatic heterocycles. The normalized spacial score (nSPS) is 11.7. The van der Waals surface area contributed by atoms with Gasteiger partial charge in [-0.2, -0.15) is 5.26 Å². The molecule has 27 heavy (non-hydrogen) atoms. The lowest BCUT2D eigenvalue weighted by Gasteiger charge is -2.12. The van der Waals surface area contributed by atoms with Crippen LogP contribution in [0.4, 0.5) is 0 Å². The van der Waals surface area contributed by atoms with Crippen LogP contribution in [0.1, 0.15) is 47.8 Å². The Bertz CT molecular complexity index is 1030. The van der Waals surface area contributed by atoms with Crippen molar-refractivity contribution in [1.29, 1.82) is 5.26 Å². The zero-order valence-electron chi connectivity index (χ0n) is 16.1. The molecule has 0 atom stereocenters. The summed E-state index contributed by atoms with van der Waals surface area (Å²) in [6.07, 6.45) is 1.92. The fourth-order valence-electron chi connectivity index (χ4n) is 3.34. The average molecular weight is 375 g/mol. The number of benzene rings is 2. The lowest BCUT2D eigenvalue weighted by atomic mass is 10.0. The summed E-state index contributed by atoms with van der Waals surface area (Å²) in [5, 5.41) is 10.2. The van der Waals surface area contributed by atoms with Gasteiger partial charge in [0, 0.05) is 27.7 Å². The Balaban J connectivity index is 2.05. The van der Waals surface area contributed by atoms with E-state index in [9.17, 15) is 5.26 Å². The summed E-state index contributed by atoms with van der Waals surface area (Å²) >= 11 is 6.28. The number of allylic oxidation sites excluding steroid dienone is 1. The SMILES string of the molecule is Cc1cc(C=C(C#N)c2ccccc2Cl)c(C)n1-c1ccc(C(C)C)cc1. The Labute approximate surface area is 166 Å². The van der Waals surface area contributed by atoms with Crippen LogP contribution < -0.4 is 0 Å². The molecular weight excluding hydrogens is 352 g/mol. The van der Waals surface area contributed by atoms with Gasteiger partial charge in [0.2, 0.25) is 0 Å². The molecule has 0 aliphatic rings. The molecule has 2 nitrogen and oxygen atoms in total. The van der Waals surface area contributed by atoms with Crippen molar-refractivity contribution in [3.63, 3.8) is 0 Å². The van der Waals surface area contributed by atoms with E-state index < -0.39 is 0 Å². The molecule has 0 amide bonds. The Morgan fingerprint density at radius 2 is 1.74 bits per heavy atom. The van der Waals surface area contributed by atoms with Gasteiger partial charge in [0.25, 0.3) is 0 Å². The molecule has 0 aliphatic carbocycles. The number of aromatic nitrogens is 1. The molecule has 0 bridgehead atoms. The number of nitriles is 1. The minimum atomic E-state index is 0.512. The molecule has 3 aromatic rings. The number of hydrogen-bond acceptors (Lipinski definition) is 1. The highest BCUT2D eigenvalue weighted by Gasteiger charge is 2.12. The third-order valence-electron chi connectivity index (χ3n) is 4.87. The lowest BCUT2D eigenvalue weighted by molar-refractivity contribution is 0.863. The first-order chi connectivity index (χ1) is 12.9. The van der Waals surface area contributed by atoms with E-state index in [0.717, 1.165) is 28.2 Å². The molecule has 0 saturated carbocycles. The van der Waals surface area contributed by atoms with Crippen molar-refractivity contribution in [3.05, 3.63) is 87.7 Å². The van der Waals surface area contributed by atoms with Crippen molar-refractivity contribution >= 4 is 23.3 Å². The quantitative estimate of drug-likeness (QED) is 0.455. The van der Waals surface area contributed by atoms with Crippen LogP contribution in [0.5, 0.6) is 0 Å². The van der Waals surface area contributed by atoms with Gasteiger partial charge in [-0.05, 0) is 61.2 Å². The Morgan fingerprint density at radius 3 is 2.33 bits per heavy atom. The van der Waals surface area contributed by atoms with Gasteiger partial charge in [-0.1, -0.05) is 55.8 Å². The second kappa shape index (κ2) is 7.86. The predicted molar refractivity (Wildman–Crippen MR) is 114 cm³/mol. The Hall–Kier alpha value is -2.76. The first kappa shape index (κ1) is 19.0. The second-order valence-electron chi connectivity index (χ2n) is 7.06. The standard InChI is InChI=1S/C24H23ClN2/c1-16(2)19-9-11-22(12-10-19)27-17(3)13-20(18(27)4)14-21(15-26)23-7-5-6-8-24(23)25/h5-14,16H,1-4H3. The lowest BCUT2D eigenvalue weighted by Crippen LogP contribution is -1.99. The summed E-state index contributed by atoms with van der Waals surface area (Å²) < 4.78 is 2.22. The van der Waals surface area contributed by atoms with E-state index in [-0.39, 0.29) is 0 Å². The molecule has 3 rings (SSSR count). The third kappa shape index (κ3) is 3.84. The van der Waals surface area contributed by atoms with Crippen LogP contribution in [-0.4, -0.2) is 4.57 Å². The minimum Gasteiger partial charge on any atom is -0.318 e. The number of rotatable bonds is 4. The molecule has 0 N–H and O–H groups in total. The number of nitrogens with zero attached hydrogens (tertiary/aromatic N) is 2. The zero-order chi connectivity index (χ0) is 19.6. The second-order valence-corrected chi connectivity index (χ2v) is 7.46. The highest BCUT2D eigenvalue weighted by atomic mass is 35.5. The molecule has 2 aromatic carbocycles. The smallest absolute Gasteiger partial charge is 0.0998 e.